The van der Waals surface area contributed by atoms with Crippen LogP contribution >= 0.6 is 0 Å². The summed E-state index contributed by atoms with van der Waals surface area (Å²) in [5.41, 5.74) is -0.256. The number of ether oxygens (including phenoxy) is 1. The Morgan fingerprint density at radius 3 is 2.15 bits per heavy atom. The fourth-order valence-electron chi connectivity index (χ4n) is 1.57. The molecule has 0 aliphatic rings. The second-order valence-electron chi connectivity index (χ2n) is 4.59. The van der Waals surface area contributed by atoms with E-state index in [1.165, 1.54) is 5.56 Å². The molecule has 0 radical (unpaired) electrons. The topological polar surface area (TPSA) is 99.0 Å². The van der Waals surface area contributed by atoms with Crippen LogP contribution in [-0.4, -0.2) is 53.2 Å². The van der Waals surface area contributed by atoms with Crippen LogP contribution in [0.1, 0.15) is 12.5 Å². The van der Waals surface area contributed by atoms with Gasteiger partial charge in [-0.25, -0.2) is 0 Å². The number of benzene rings is 1. The second-order valence-corrected chi connectivity index (χ2v) is 4.59. The van der Waals surface area contributed by atoms with Crippen molar-refractivity contribution >= 4 is 5.91 Å². The predicted molar refractivity (Wildman–Crippen MR) is 73.4 cm³/mol. The highest BCUT2D eigenvalue weighted by Crippen LogP contribution is 2.12. The van der Waals surface area contributed by atoms with E-state index in [2.05, 4.69) is 5.32 Å². The number of amides is 1. The molecule has 1 amide bonds. The monoisotopic (exact) mass is 283 g/mol. The normalized spacial score (nSPS) is 11.2. The molecule has 1 aromatic rings. The highest BCUT2D eigenvalue weighted by atomic mass is 16.5. The summed E-state index contributed by atoms with van der Waals surface area (Å²) in [5.74, 6) is 0.0293. The molecule has 0 bridgehead atoms. The second kappa shape index (κ2) is 7.84. The number of nitrogens with one attached hydrogen (secondary N) is 1. The first-order valence-corrected chi connectivity index (χ1v) is 6.44. The minimum Gasteiger partial charge on any atom is -0.484 e. The van der Waals surface area contributed by atoms with E-state index < -0.39 is 31.3 Å². The lowest BCUT2D eigenvalue weighted by Crippen LogP contribution is -2.58. The van der Waals surface area contributed by atoms with Crippen LogP contribution in [0.15, 0.2) is 24.3 Å². The van der Waals surface area contributed by atoms with Gasteiger partial charge in [0.05, 0.1) is 19.8 Å². The van der Waals surface area contributed by atoms with Crippen molar-refractivity contribution in [2.45, 2.75) is 18.9 Å². The predicted octanol–water partition coefficient (Wildman–Crippen LogP) is -0.540. The number of aliphatic hydroxyl groups excluding tert-OH is 3. The molecule has 0 aliphatic heterocycles. The molecule has 0 aliphatic carbocycles. The third-order valence-electron chi connectivity index (χ3n) is 3.01. The molecule has 0 atom stereocenters. The summed E-state index contributed by atoms with van der Waals surface area (Å²) in [7, 11) is 0. The van der Waals surface area contributed by atoms with Crippen LogP contribution in [0, 0.1) is 0 Å². The number of rotatable bonds is 8. The molecule has 6 nitrogen and oxygen atoms in total. The summed E-state index contributed by atoms with van der Waals surface area (Å²) in [5, 5.41) is 29.6. The van der Waals surface area contributed by atoms with Crippen LogP contribution < -0.4 is 10.1 Å². The van der Waals surface area contributed by atoms with E-state index in [0.29, 0.717) is 5.75 Å². The van der Waals surface area contributed by atoms with Gasteiger partial charge in [-0.1, -0.05) is 19.1 Å². The van der Waals surface area contributed by atoms with E-state index >= 15 is 0 Å². The molecule has 1 aromatic carbocycles. The summed E-state index contributed by atoms with van der Waals surface area (Å²) >= 11 is 0. The van der Waals surface area contributed by atoms with E-state index in [4.69, 9.17) is 20.1 Å². The Morgan fingerprint density at radius 2 is 1.70 bits per heavy atom. The van der Waals surface area contributed by atoms with Gasteiger partial charge in [-0.15, -0.1) is 0 Å². The van der Waals surface area contributed by atoms with E-state index in [1.54, 1.807) is 12.1 Å². The molecule has 0 unspecified atom stereocenters. The van der Waals surface area contributed by atoms with Crippen LogP contribution in [0.2, 0.25) is 0 Å². The largest absolute Gasteiger partial charge is 0.484 e. The van der Waals surface area contributed by atoms with Crippen LogP contribution in [0.4, 0.5) is 0 Å². The molecular weight excluding hydrogens is 262 g/mol. The Hall–Kier alpha value is -1.63. The fraction of sp³-hybridized carbons (Fsp3) is 0.500. The number of hydrogen-bond donors (Lipinski definition) is 4. The lowest BCUT2D eigenvalue weighted by molar-refractivity contribution is -0.127. The maximum Gasteiger partial charge on any atom is 0.258 e. The van der Waals surface area contributed by atoms with E-state index in [9.17, 15) is 4.79 Å². The molecule has 1 rings (SSSR count). The van der Waals surface area contributed by atoms with Gasteiger partial charge in [0, 0.05) is 0 Å². The Kier molecular flexibility index (Phi) is 6.44. The van der Waals surface area contributed by atoms with Gasteiger partial charge in [0.1, 0.15) is 11.3 Å². The molecule has 0 heterocycles. The number of carbonyl (C=O) groups excluding carboxylic acids is 1. The molecule has 4 N–H and O–H groups in total. The zero-order valence-corrected chi connectivity index (χ0v) is 11.5. The lowest BCUT2D eigenvalue weighted by atomic mass is 10.0. The first-order valence-electron chi connectivity index (χ1n) is 6.44. The summed E-state index contributed by atoms with van der Waals surface area (Å²) in [6.07, 6.45) is 0.923. The van der Waals surface area contributed by atoms with Gasteiger partial charge in [0.25, 0.3) is 5.91 Å². The SMILES string of the molecule is CCc1ccc(OCC(=O)NC(CO)(CO)CO)cc1. The van der Waals surface area contributed by atoms with Gasteiger partial charge >= 0.3 is 0 Å². The van der Waals surface area contributed by atoms with Gasteiger partial charge < -0.3 is 25.4 Å². The van der Waals surface area contributed by atoms with Crippen molar-refractivity contribution in [1.82, 2.24) is 5.32 Å². The first kappa shape index (κ1) is 16.4. The van der Waals surface area contributed by atoms with Crippen molar-refractivity contribution in [3.05, 3.63) is 29.8 Å². The van der Waals surface area contributed by atoms with Crippen molar-refractivity contribution in [2.24, 2.45) is 0 Å². The molecule has 0 saturated heterocycles. The summed E-state index contributed by atoms with van der Waals surface area (Å²) in [6, 6.07) is 7.35. The van der Waals surface area contributed by atoms with Crippen LogP contribution in [0.5, 0.6) is 5.75 Å². The molecule has 20 heavy (non-hydrogen) atoms. The highest BCUT2D eigenvalue weighted by molar-refractivity contribution is 5.78. The van der Waals surface area contributed by atoms with Crippen molar-refractivity contribution < 1.29 is 24.9 Å². The highest BCUT2D eigenvalue weighted by Gasteiger charge is 2.29. The van der Waals surface area contributed by atoms with Crippen molar-refractivity contribution in [3.63, 3.8) is 0 Å². The lowest BCUT2D eigenvalue weighted by Gasteiger charge is -2.28. The summed E-state index contributed by atoms with van der Waals surface area (Å²) in [4.78, 5) is 11.7. The van der Waals surface area contributed by atoms with Crippen LogP contribution in [-0.2, 0) is 11.2 Å². The van der Waals surface area contributed by atoms with Gasteiger partial charge in [0.2, 0.25) is 0 Å². The number of aryl methyl sites for hydroxylation is 1. The van der Waals surface area contributed by atoms with E-state index in [1.807, 2.05) is 19.1 Å². The van der Waals surface area contributed by atoms with Gasteiger partial charge in [-0.3, -0.25) is 4.79 Å². The van der Waals surface area contributed by atoms with E-state index in [-0.39, 0.29) is 6.61 Å². The zero-order chi connectivity index (χ0) is 15.0. The minimum atomic E-state index is -1.42. The fourth-order valence-corrected chi connectivity index (χ4v) is 1.57. The average Bonchev–Trinajstić information content (AvgIpc) is 2.51. The van der Waals surface area contributed by atoms with Gasteiger partial charge in [-0.2, -0.15) is 0 Å². The third-order valence-corrected chi connectivity index (χ3v) is 3.01. The Morgan fingerprint density at radius 1 is 1.15 bits per heavy atom. The maximum atomic E-state index is 11.7. The Balaban J connectivity index is 2.50. The van der Waals surface area contributed by atoms with Crippen LogP contribution in [0.25, 0.3) is 0 Å². The number of aliphatic hydroxyl groups is 3. The minimum absolute atomic E-state index is 0.257. The van der Waals surface area contributed by atoms with E-state index in [0.717, 1.165) is 6.42 Å². The van der Waals surface area contributed by atoms with Crippen molar-refractivity contribution in [2.75, 3.05) is 26.4 Å². The van der Waals surface area contributed by atoms with Gasteiger partial charge in [-0.05, 0) is 24.1 Å². The molecule has 0 spiro atoms. The third kappa shape index (κ3) is 4.48. The first-order chi connectivity index (χ1) is 9.59. The molecular formula is C14H21NO5. The number of hydrogen-bond acceptors (Lipinski definition) is 5. The molecule has 0 saturated carbocycles. The molecule has 112 valence electrons. The summed E-state index contributed by atoms with van der Waals surface area (Å²) < 4.78 is 5.29. The van der Waals surface area contributed by atoms with Crippen LogP contribution in [0.3, 0.4) is 0 Å². The zero-order valence-electron chi connectivity index (χ0n) is 11.5. The standard InChI is InChI=1S/C14H21NO5/c1-2-11-3-5-12(6-4-11)20-7-13(19)15-14(8-16,9-17)10-18/h3-6,16-18H,2,7-10H2,1H3,(H,15,19). The van der Waals surface area contributed by atoms with Gasteiger partial charge in [0.15, 0.2) is 6.61 Å². The maximum absolute atomic E-state index is 11.7. The summed E-state index contributed by atoms with van der Waals surface area (Å²) in [6.45, 7) is 0.111. The molecule has 6 heteroatoms. The Bertz CT molecular complexity index is 406. The Labute approximate surface area is 118 Å². The number of carbonyl (C=O) groups is 1. The quantitative estimate of drug-likeness (QED) is 0.513. The average molecular weight is 283 g/mol. The molecule has 0 aromatic heterocycles. The molecule has 0 fully saturated rings. The van der Waals surface area contributed by atoms with Crippen molar-refractivity contribution in [3.8, 4) is 5.75 Å². The van der Waals surface area contributed by atoms with Crippen molar-refractivity contribution in [1.29, 1.82) is 0 Å². The smallest absolute Gasteiger partial charge is 0.258 e.